The van der Waals surface area contributed by atoms with Gasteiger partial charge in [0.1, 0.15) is 0 Å². The van der Waals surface area contributed by atoms with Gasteiger partial charge in [-0.3, -0.25) is 4.79 Å². The van der Waals surface area contributed by atoms with Gasteiger partial charge in [-0.1, -0.05) is 18.9 Å². The number of benzene rings is 1. The van der Waals surface area contributed by atoms with Crippen LogP contribution in [0, 0.1) is 0 Å². The number of aliphatic hydroxyl groups is 1. The molecule has 0 aromatic heterocycles. The SMILES string of the molecule is O=C(NC1CCCCC1O)c1cccc2c1NCCN2. The number of para-hydroxylation sites is 1. The minimum atomic E-state index is -0.418. The smallest absolute Gasteiger partial charge is 0.253 e. The number of anilines is 2. The van der Waals surface area contributed by atoms with Crippen molar-refractivity contribution in [2.75, 3.05) is 23.7 Å². The molecule has 1 amide bonds. The van der Waals surface area contributed by atoms with Crippen LogP contribution in [-0.4, -0.2) is 36.2 Å². The van der Waals surface area contributed by atoms with E-state index in [1.165, 1.54) is 0 Å². The van der Waals surface area contributed by atoms with Crippen LogP contribution >= 0.6 is 0 Å². The largest absolute Gasteiger partial charge is 0.391 e. The Morgan fingerprint density at radius 1 is 1.20 bits per heavy atom. The fourth-order valence-electron chi connectivity index (χ4n) is 2.99. The number of amides is 1. The highest BCUT2D eigenvalue weighted by molar-refractivity contribution is 6.03. The molecule has 1 aliphatic heterocycles. The zero-order valence-electron chi connectivity index (χ0n) is 11.5. The van der Waals surface area contributed by atoms with E-state index in [0.717, 1.165) is 50.1 Å². The zero-order valence-corrected chi connectivity index (χ0v) is 11.5. The molecule has 4 N–H and O–H groups in total. The van der Waals surface area contributed by atoms with Crippen LogP contribution in [-0.2, 0) is 0 Å². The predicted molar refractivity (Wildman–Crippen MR) is 79.2 cm³/mol. The third kappa shape index (κ3) is 2.58. The lowest BCUT2D eigenvalue weighted by molar-refractivity contribution is 0.0718. The van der Waals surface area contributed by atoms with Gasteiger partial charge in [0.15, 0.2) is 0 Å². The van der Waals surface area contributed by atoms with Crippen molar-refractivity contribution in [1.82, 2.24) is 5.32 Å². The van der Waals surface area contributed by atoms with E-state index in [1.807, 2.05) is 18.2 Å². The standard InChI is InChI=1S/C15H21N3O2/c19-13-7-2-1-5-11(13)18-15(20)10-4-3-6-12-14(10)17-9-8-16-12/h3-4,6,11,13,16-17,19H,1-2,5,7-9H2,(H,18,20). The summed E-state index contributed by atoms with van der Waals surface area (Å²) in [6.45, 7) is 1.67. The van der Waals surface area contributed by atoms with Gasteiger partial charge in [0.05, 0.1) is 29.1 Å². The summed E-state index contributed by atoms with van der Waals surface area (Å²) in [6, 6.07) is 5.55. The van der Waals surface area contributed by atoms with Gasteiger partial charge in [0.25, 0.3) is 5.91 Å². The van der Waals surface area contributed by atoms with Crippen LogP contribution in [0.5, 0.6) is 0 Å². The molecule has 0 bridgehead atoms. The highest BCUT2D eigenvalue weighted by Crippen LogP contribution is 2.28. The van der Waals surface area contributed by atoms with Gasteiger partial charge in [-0.25, -0.2) is 0 Å². The Morgan fingerprint density at radius 2 is 2.00 bits per heavy atom. The molecule has 1 aromatic carbocycles. The average molecular weight is 275 g/mol. The molecule has 2 atom stereocenters. The number of fused-ring (bicyclic) bond motifs is 1. The van der Waals surface area contributed by atoms with Gasteiger partial charge in [0.2, 0.25) is 0 Å². The van der Waals surface area contributed by atoms with Crippen LogP contribution in [0.25, 0.3) is 0 Å². The second kappa shape index (κ2) is 5.71. The Kier molecular flexibility index (Phi) is 3.78. The van der Waals surface area contributed by atoms with Crippen molar-refractivity contribution in [3.63, 3.8) is 0 Å². The Labute approximate surface area is 118 Å². The molecule has 2 aliphatic rings. The summed E-state index contributed by atoms with van der Waals surface area (Å²) < 4.78 is 0. The molecular weight excluding hydrogens is 254 g/mol. The molecule has 1 aromatic rings. The van der Waals surface area contributed by atoms with Gasteiger partial charge in [-0.15, -0.1) is 0 Å². The molecule has 1 saturated carbocycles. The first-order valence-electron chi connectivity index (χ1n) is 7.35. The molecule has 20 heavy (non-hydrogen) atoms. The third-order valence-corrected chi connectivity index (χ3v) is 4.10. The fourth-order valence-corrected chi connectivity index (χ4v) is 2.99. The van der Waals surface area contributed by atoms with Crippen molar-refractivity contribution in [2.24, 2.45) is 0 Å². The molecular formula is C15H21N3O2. The first-order valence-corrected chi connectivity index (χ1v) is 7.35. The van der Waals surface area contributed by atoms with E-state index in [4.69, 9.17) is 0 Å². The number of aliphatic hydroxyl groups excluding tert-OH is 1. The molecule has 3 rings (SSSR count). The van der Waals surface area contributed by atoms with Crippen LogP contribution in [0.3, 0.4) is 0 Å². The van der Waals surface area contributed by atoms with Crippen molar-refractivity contribution in [2.45, 2.75) is 37.8 Å². The second-order valence-corrected chi connectivity index (χ2v) is 5.51. The van der Waals surface area contributed by atoms with Crippen LogP contribution in [0.15, 0.2) is 18.2 Å². The van der Waals surface area contributed by atoms with E-state index in [9.17, 15) is 9.90 Å². The highest BCUT2D eigenvalue weighted by atomic mass is 16.3. The number of carbonyl (C=O) groups is 1. The summed E-state index contributed by atoms with van der Waals surface area (Å²) in [5.41, 5.74) is 2.47. The van der Waals surface area contributed by atoms with Gasteiger partial charge in [0, 0.05) is 13.1 Å². The summed E-state index contributed by atoms with van der Waals surface area (Å²) in [7, 11) is 0. The lowest BCUT2D eigenvalue weighted by Crippen LogP contribution is -2.45. The van der Waals surface area contributed by atoms with Gasteiger partial charge >= 0.3 is 0 Å². The Morgan fingerprint density at radius 3 is 2.85 bits per heavy atom. The minimum absolute atomic E-state index is 0.107. The molecule has 5 heteroatoms. The van der Waals surface area contributed by atoms with Crippen molar-refractivity contribution in [1.29, 1.82) is 0 Å². The molecule has 0 radical (unpaired) electrons. The van der Waals surface area contributed by atoms with Crippen molar-refractivity contribution >= 4 is 17.3 Å². The monoisotopic (exact) mass is 275 g/mol. The zero-order chi connectivity index (χ0) is 13.9. The Balaban J connectivity index is 1.77. The first-order chi connectivity index (χ1) is 9.75. The predicted octanol–water partition coefficient (Wildman–Crippen LogP) is 1.56. The minimum Gasteiger partial charge on any atom is -0.391 e. The van der Waals surface area contributed by atoms with Crippen molar-refractivity contribution in [3.05, 3.63) is 23.8 Å². The molecule has 1 fully saturated rings. The molecule has 0 saturated heterocycles. The number of hydrogen-bond donors (Lipinski definition) is 4. The average Bonchev–Trinajstić information content (AvgIpc) is 2.49. The maximum absolute atomic E-state index is 12.4. The third-order valence-electron chi connectivity index (χ3n) is 4.10. The lowest BCUT2D eigenvalue weighted by atomic mass is 9.92. The van der Waals surface area contributed by atoms with E-state index < -0.39 is 6.10 Å². The van der Waals surface area contributed by atoms with Gasteiger partial charge in [-0.2, -0.15) is 0 Å². The summed E-state index contributed by atoms with van der Waals surface area (Å²) in [5.74, 6) is -0.107. The van der Waals surface area contributed by atoms with Crippen molar-refractivity contribution < 1.29 is 9.90 Å². The van der Waals surface area contributed by atoms with Gasteiger partial charge < -0.3 is 21.1 Å². The topological polar surface area (TPSA) is 73.4 Å². The fraction of sp³-hybridized carbons (Fsp3) is 0.533. The first kappa shape index (κ1) is 13.2. The van der Waals surface area contributed by atoms with E-state index >= 15 is 0 Å². The van der Waals surface area contributed by atoms with Crippen LogP contribution in [0.2, 0.25) is 0 Å². The Bertz CT molecular complexity index is 504. The van der Waals surface area contributed by atoms with E-state index in [2.05, 4.69) is 16.0 Å². The van der Waals surface area contributed by atoms with Crippen LogP contribution in [0.1, 0.15) is 36.0 Å². The summed E-state index contributed by atoms with van der Waals surface area (Å²) in [6.07, 6.45) is 3.32. The number of hydrogen-bond acceptors (Lipinski definition) is 4. The Hall–Kier alpha value is -1.75. The van der Waals surface area contributed by atoms with Gasteiger partial charge in [-0.05, 0) is 25.0 Å². The maximum Gasteiger partial charge on any atom is 0.253 e. The van der Waals surface area contributed by atoms with Crippen molar-refractivity contribution in [3.8, 4) is 0 Å². The summed E-state index contributed by atoms with van der Waals surface area (Å²) >= 11 is 0. The second-order valence-electron chi connectivity index (χ2n) is 5.51. The van der Waals surface area contributed by atoms with E-state index in [-0.39, 0.29) is 11.9 Å². The number of carbonyl (C=O) groups excluding carboxylic acids is 1. The molecule has 1 aliphatic carbocycles. The van der Waals surface area contributed by atoms with E-state index in [1.54, 1.807) is 0 Å². The molecule has 0 spiro atoms. The molecule has 2 unspecified atom stereocenters. The van der Waals surface area contributed by atoms with Crippen LogP contribution in [0.4, 0.5) is 11.4 Å². The summed E-state index contributed by atoms with van der Waals surface area (Å²) in [4.78, 5) is 12.4. The maximum atomic E-state index is 12.4. The lowest BCUT2D eigenvalue weighted by Gasteiger charge is -2.29. The molecule has 5 nitrogen and oxygen atoms in total. The van der Waals surface area contributed by atoms with Crippen LogP contribution < -0.4 is 16.0 Å². The highest BCUT2D eigenvalue weighted by Gasteiger charge is 2.26. The number of nitrogens with one attached hydrogen (secondary N) is 3. The van der Waals surface area contributed by atoms with E-state index in [0.29, 0.717) is 5.56 Å². The summed E-state index contributed by atoms with van der Waals surface area (Å²) in [5, 5.41) is 19.5. The molecule has 108 valence electrons. The molecule has 1 heterocycles. The number of rotatable bonds is 2. The normalized spacial score (nSPS) is 25.1. The quantitative estimate of drug-likeness (QED) is 0.661.